The first-order chi connectivity index (χ1) is 15.1. The van der Waals surface area contributed by atoms with E-state index < -0.39 is 5.82 Å². The molecule has 2 aliphatic heterocycles. The zero-order chi connectivity index (χ0) is 20.9. The smallest absolute Gasteiger partial charge is 0.258 e. The highest BCUT2D eigenvalue weighted by molar-refractivity contribution is 5.85. The summed E-state index contributed by atoms with van der Waals surface area (Å²) in [6, 6.07) is 12.8. The zero-order valence-electron chi connectivity index (χ0n) is 16.7. The van der Waals surface area contributed by atoms with Crippen molar-refractivity contribution in [2.45, 2.75) is 38.0 Å². The summed E-state index contributed by atoms with van der Waals surface area (Å²) in [5, 5.41) is 4.78. The Morgan fingerprint density at radius 1 is 1.19 bits per heavy atom. The van der Waals surface area contributed by atoms with Gasteiger partial charge < -0.3 is 14.5 Å². The molecule has 0 saturated carbocycles. The number of ether oxygens (including phenoxy) is 1. The summed E-state index contributed by atoms with van der Waals surface area (Å²) in [5.41, 5.74) is 3.21. The summed E-state index contributed by atoms with van der Waals surface area (Å²) >= 11 is 0. The van der Waals surface area contributed by atoms with Crippen LogP contribution >= 0.6 is 0 Å². The van der Waals surface area contributed by atoms with Crippen LogP contribution in [0.25, 0.3) is 16.7 Å². The molecule has 1 aromatic carbocycles. The second kappa shape index (κ2) is 7.06. The second-order valence-electron chi connectivity index (χ2n) is 8.14. The summed E-state index contributed by atoms with van der Waals surface area (Å²) in [6.45, 7) is 0.157. The lowest BCUT2D eigenvalue weighted by molar-refractivity contribution is 0.300. The van der Waals surface area contributed by atoms with Gasteiger partial charge in [-0.2, -0.15) is 0 Å². The molecule has 156 valence electrons. The highest BCUT2D eigenvalue weighted by Gasteiger charge is 2.36. The summed E-state index contributed by atoms with van der Waals surface area (Å²) in [6.07, 6.45) is 6.08. The maximum absolute atomic E-state index is 13.0. The van der Waals surface area contributed by atoms with E-state index in [1.54, 1.807) is 22.9 Å². The molecule has 0 radical (unpaired) electrons. The van der Waals surface area contributed by atoms with Gasteiger partial charge in [-0.3, -0.25) is 14.3 Å². The van der Waals surface area contributed by atoms with Gasteiger partial charge in [-0.15, -0.1) is 0 Å². The molecule has 4 aromatic rings. The van der Waals surface area contributed by atoms with Crippen LogP contribution in [-0.4, -0.2) is 15.6 Å². The molecule has 1 fully saturated rings. The number of fused-ring (bicyclic) bond motifs is 6. The van der Waals surface area contributed by atoms with Crippen molar-refractivity contribution >= 4 is 11.0 Å². The first-order valence-electron chi connectivity index (χ1n) is 10.4. The minimum absolute atomic E-state index is 0.157. The molecule has 0 aliphatic carbocycles. The number of furan rings is 1. The molecule has 7 heteroatoms. The standard InChI is InChI=1S/C24H20FN3O3/c25-14-1-2-16(26-12-14)13-30-18-7-8-28(23(29)11-18)17-4-5-19-21(10-17)31-22-9-15-3-6-20(27-15)24(19)22/h1-2,4-5,7-8,10-12,15,20,27H,3,6,9,13H2. The van der Waals surface area contributed by atoms with Gasteiger partial charge in [-0.1, -0.05) is 0 Å². The van der Waals surface area contributed by atoms with Crippen molar-refractivity contribution in [3.05, 3.63) is 88.0 Å². The van der Waals surface area contributed by atoms with Crippen molar-refractivity contribution in [2.24, 2.45) is 0 Å². The quantitative estimate of drug-likeness (QED) is 0.543. The van der Waals surface area contributed by atoms with E-state index >= 15 is 0 Å². The van der Waals surface area contributed by atoms with Crippen LogP contribution in [0.15, 0.2) is 64.1 Å². The minimum atomic E-state index is -0.399. The van der Waals surface area contributed by atoms with Gasteiger partial charge in [0.25, 0.3) is 5.56 Å². The average Bonchev–Trinajstić information content (AvgIpc) is 3.34. The molecule has 0 spiro atoms. The van der Waals surface area contributed by atoms with Crippen LogP contribution in [-0.2, 0) is 13.0 Å². The largest absolute Gasteiger partial charge is 0.487 e. The van der Waals surface area contributed by atoms with Crippen LogP contribution in [0.1, 0.15) is 35.9 Å². The number of hydrogen-bond donors (Lipinski definition) is 1. The topological polar surface area (TPSA) is 69.3 Å². The third kappa shape index (κ3) is 3.21. The molecule has 1 saturated heterocycles. The Hall–Kier alpha value is -3.45. The van der Waals surface area contributed by atoms with Gasteiger partial charge >= 0.3 is 0 Å². The van der Waals surface area contributed by atoms with Crippen molar-refractivity contribution in [3.63, 3.8) is 0 Å². The molecule has 6 nitrogen and oxygen atoms in total. The van der Waals surface area contributed by atoms with Crippen LogP contribution in [0.5, 0.6) is 5.75 Å². The summed E-state index contributed by atoms with van der Waals surface area (Å²) in [4.78, 5) is 16.7. The van der Waals surface area contributed by atoms with Gasteiger partial charge in [0.05, 0.1) is 17.6 Å². The molecule has 31 heavy (non-hydrogen) atoms. The van der Waals surface area contributed by atoms with Crippen molar-refractivity contribution in [2.75, 3.05) is 0 Å². The Labute approximate surface area is 177 Å². The van der Waals surface area contributed by atoms with E-state index in [1.807, 2.05) is 18.2 Å². The van der Waals surface area contributed by atoms with Gasteiger partial charge in [0.15, 0.2) is 0 Å². The van der Waals surface area contributed by atoms with Crippen molar-refractivity contribution in [1.82, 2.24) is 14.9 Å². The molecule has 5 heterocycles. The van der Waals surface area contributed by atoms with Crippen molar-refractivity contribution in [1.29, 1.82) is 0 Å². The number of aromatic nitrogens is 2. The van der Waals surface area contributed by atoms with Gasteiger partial charge in [-0.05, 0) is 43.2 Å². The molecule has 3 aromatic heterocycles. The van der Waals surface area contributed by atoms with Crippen LogP contribution < -0.4 is 15.6 Å². The third-order valence-corrected chi connectivity index (χ3v) is 6.15. The molecular formula is C24H20FN3O3. The molecule has 0 amide bonds. The highest BCUT2D eigenvalue weighted by Crippen LogP contribution is 2.42. The molecular weight excluding hydrogens is 397 g/mol. The predicted molar refractivity (Wildman–Crippen MR) is 113 cm³/mol. The van der Waals surface area contributed by atoms with E-state index in [1.165, 1.54) is 24.1 Å². The van der Waals surface area contributed by atoms with E-state index in [9.17, 15) is 9.18 Å². The van der Waals surface area contributed by atoms with Crippen molar-refractivity contribution in [3.8, 4) is 11.4 Å². The van der Waals surface area contributed by atoms with E-state index in [4.69, 9.17) is 9.15 Å². The number of nitrogens with one attached hydrogen (secondary N) is 1. The molecule has 2 unspecified atom stereocenters. The number of pyridine rings is 2. The number of rotatable bonds is 4. The Morgan fingerprint density at radius 3 is 2.97 bits per heavy atom. The van der Waals surface area contributed by atoms with Crippen LogP contribution in [0.3, 0.4) is 0 Å². The minimum Gasteiger partial charge on any atom is -0.487 e. The first kappa shape index (κ1) is 18.3. The number of halogens is 1. The fourth-order valence-corrected chi connectivity index (χ4v) is 4.68. The fourth-order valence-electron chi connectivity index (χ4n) is 4.68. The van der Waals surface area contributed by atoms with E-state index in [0.29, 0.717) is 23.5 Å². The van der Waals surface area contributed by atoms with Gasteiger partial charge in [0.1, 0.15) is 29.5 Å². The Bertz CT molecular complexity index is 1340. The average molecular weight is 417 g/mol. The normalized spacial score (nSPS) is 19.5. The Balaban J connectivity index is 1.27. The lowest BCUT2D eigenvalue weighted by atomic mass is 9.99. The maximum Gasteiger partial charge on any atom is 0.258 e. The first-order valence-corrected chi connectivity index (χ1v) is 10.4. The molecule has 6 rings (SSSR count). The SMILES string of the molecule is O=c1cc(OCc2ccc(F)cn2)ccn1-c1ccc2c3c(oc2c1)CC1CCC3N1. The second-order valence-corrected chi connectivity index (χ2v) is 8.14. The summed E-state index contributed by atoms with van der Waals surface area (Å²) in [7, 11) is 0. The number of benzene rings is 1. The molecule has 2 bridgehead atoms. The molecule has 2 aliphatic rings. The zero-order valence-corrected chi connectivity index (χ0v) is 16.7. The monoisotopic (exact) mass is 417 g/mol. The Morgan fingerprint density at radius 2 is 2.13 bits per heavy atom. The maximum atomic E-state index is 13.0. The third-order valence-electron chi connectivity index (χ3n) is 6.15. The molecule has 2 atom stereocenters. The highest BCUT2D eigenvalue weighted by atomic mass is 19.1. The lowest BCUT2D eigenvalue weighted by Crippen LogP contribution is -2.30. The Kier molecular flexibility index (Phi) is 4.17. The van der Waals surface area contributed by atoms with Crippen molar-refractivity contribution < 1.29 is 13.5 Å². The number of nitrogens with zero attached hydrogens (tertiary/aromatic N) is 2. The van der Waals surface area contributed by atoms with E-state index in [-0.39, 0.29) is 12.2 Å². The lowest BCUT2D eigenvalue weighted by Gasteiger charge is -2.20. The van der Waals surface area contributed by atoms with Crippen LogP contribution in [0, 0.1) is 5.82 Å². The summed E-state index contributed by atoms with van der Waals surface area (Å²) in [5.74, 6) is 1.11. The van der Waals surface area contributed by atoms with Crippen LogP contribution in [0.4, 0.5) is 4.39 Å². The number of hydrogen-bond acceptors (Lipinski definition) is 5. The summed E-state index contributed by atoms with van der Waals surface area (Å²) < 4.78 is 26.3. The molecule has 1 N–H and O–H groups in total. The predicted octanol–water partition coefficient (Wildman–Crippen LogP) is 4.05. The fraction of sp³-hybridized carbons (Fsp3) is 0.250. The van der Waals surface area contributed by atoms with Crippen LogP contribution in [0.2, 0.25) is 0 Å². The van der Waals surface area contributed by atoms with Gasteiger partial charge in [0.2, 0.25) is 0 Å². The van der Waals surface area contributed by atoms with E-state index in [0.717, 1.165) is 41.5 Å². The van der Waals surface area contributed by atoms with Gasteiger partial charge in [-0.25, -0.2) is 4.39 Å². The van der Waals surface area contributed by atoms with Gasteiger partial charge in [0, 0.05) is 47.8 Å². The van der Waals surface area contributed by atoms with E-state index in [2.05, 4.69) is 10.3 Å².